The third kappa shape index (κ3) is 3.73. The molecule has 9 rings (SSSR count). The first-order valence-electron chi connectivity index (χ1n) is 15.7. The van der Waals surface area contributed by atoms with Gasteiger partial charge in [-0.15, -0.1) is 0 Å². The maximum Gasteiger partial charge on any atom is 0.312 e. The van der Waals surface area contributed by atoms with Gasteiger partial charge in [0.05, 0.1) is 24.0 Å². The summed E-state index contributed by atoms with van der Waals surface area (Å²) in [5.74, 6) is 6.81. The molecule has 0 spiro atoms. The fourth-order valence-electron chi connectivity index (χ4n) is 11.5. The molecule has 9 aliphatic rings. The van der Waals surface area contributed by atoms with Crippen LogP contribution in [0.3, 0.4) is 0 Å². The molecular weight excluding hydrogens is 448 g/mol. The SMILES string of the molecule is CC1C2CC3CC(C2)CC1(C(=O)OCC1CCC(COC(=O)C24CC5CC(CC(C5)C2C)C4)CC1)C3. The van der Waals surface area contributed by atoms with Crippen LogP contribution < -0.4 is 0 Å². The number of rotatable bonds is 6. The van der Waals surface area contributed by atoms with Crippen molar-refractivity contribution in [2.24, 2.45) is 70.0 Å². The molecule has 4 heteroatoms. The van der Waals surface area contributed by atoms with Gasteiger partial charge in [-0.1, -0.05) is 13.8 Å². The molecule has 0 aromatic heterocycles. The van der Waals surface area contributed by atoms with Crippen LogP contribution in [-0.4, -0.2) is 25.2 Å². The summed E-state index contributed by atoms with van der Waals surface area (Å²) in [6, 6.07) is 0. The predicted octanol–water partition coefficient (Wildman–Crippen LogP) is 6.80. The molecule has 0 radical (unpaired) electrons. The van der Waals surface area contributed by atoms with Crippen molar-refractivity contribution in [1.82, 2.24) is 0 Å². The summed E-state index contributed by atoms with van der Waals surface area (Å²) in [6.07, 6.45) is 16.8. The minimum atomic E-state index is -0.172. The lowest BCUT2D eigenvalue weighted by atomic mass is 9.45. The molecule has 0 N–H and O–H groups in total. The van der Waals surface area contributed by atoms with Crippen LogP contribution in [0.2, 0.25) is 0 Å². The van der Waals surface area contributed by atoms with Gasteiger partial charge in [0, 0.05) is 0 Å². The van der Waals surface area contributed by atoms with Crippen molar-refractivity contribution in [3.63, 3.8) is 0 Å². The zero-order valence-electron chi connectivity index (χ0n) is 22.7. The summed E-state index contributed by atoms with van der Waals surface area (Å²) in [6.45, 7) is 5.87. The zero-order chi connectivity index (χ0) is 24.7. The molecule has 0 aromatic rings. The lowest BCUT2D eigenvalue weighted by Crippen LogP contribution is -2.56. The van der Waals surface area contributed by atoms with Gasteiger partial charge in [0.2, 0.25) is 0 Å². The van der Waals surface area contributed by atoms with Crippen LogP contribution in [0.4, 0.5) is 0 Å². The largest absolute Gasteiger partial charge is 0.465 e. The van der Waals surface area contributed by atoms with E-state index in [0.29, 0.717) is 36.9 Å². The topological polar surface area (TPSA) is 52.6 Å². The minimum absolute atomic E-state index is 0.134. The normalized spacial score (nSPS) is 52.4. The molecule has 9 saturated carbocycles. The quantitative estimate of drug-likeness (QED) is 0.379. The summed E-state index contributed by atoms with van der Waals surface area (Å²) in [5, 5.41) is 0. The highest BCUT2D eigenvalue weighted by molar-refractivity contribution is 5.78. The van der Waals surface area contributed by atoms with Gasteiger partial charge in [0.25, 0.3) is 0 Å². The average molecular weight is 497 g/mol. The van der Waals surface area contributed by atoms with Crippen molar-refractivity contribution >= 4 is 11.9 Å². The van der Waals surface area contributed by atoms with Crippen molar-refractivity contribution in [3.05, 3.63) is 0 Å². The number of hydrogen-bond acceptors (Lipinski definition) is 4. The molecule has 0 saturated heterocycles. The van der Waals surface area contributed by atoms with Gasteiger partial charge in [0.1, 0.15) is 0 Å². The highest BCUT2D eigenvalue weighted by atomic mass is 16.5. The van der Waals surface area contributed by atoms with Crippen LogP contribution in [0.25, 0.3) is 0 Å². The lowest BCUT2D eigenvalue weighted by Gasteiger charge is -2.59. The Morgan fingerprint density at radius 1 is 0.583 bits per heavy atom. The van der Waals surface area contributed by atoms with E-state index in [1.807, 2.05) is 0 Å². The van der Waals surface area contributed by atoms with Crippen molar-refractivity contribution in [2.45, 2.75) is 104 Å². The van der Waals surface area contributed by atoms with E-state index in [0.717, 1.165) is 86.9 Å². The molecule has 9 fully saturated rings. The van der Waals surface area contributed by atoms with Crippen molar-refractivity contribution in [2.75, 3.05) is 13.2 Å². The number of carbonyl (C=O) groups is 2. The number of ether oxygens (including phenoxy) is 2. The molecule has 36 heavy (non-hydrogen) atoms. The van der Waals surface area contributed by atoms with Crippen LogP contribution in [0.5, 0.6) is 0 Å². The lowest BCUT2D eigenvalue weighted by molar-refractivity contribution is -0.185. The first-order valence-corrected chi connectivity index (χ1v) is 15.7. The number of hydrogen-bond donors (Lipinski definition) is 0. The smallest absolute Gasteiger partial charge is 0.312 e. The van der Waals surface area contributed by atoms with Gasteiger partial charge in [-0.05, 0) is 149 Å². The van der Waals surface area contributed by atoms with Crippen LogP contribution in [-0.2, 0) is 19.1 Å². The van der Waals surface area contributed by atoms with Gasteiger partial charge in [-0.25, -0.2) is 0 Å². The van der Waals surface area contributed by atoms with Crippen LogP contribution >= 0.6 is 0 Å². The summed E-state index contributed by atoms with van der Waals surface area (Å²) in [5.41, 5.74) is -0.344. The van der Waals surface area contributed by atoms with E-state index in [-0.39, 0.29) is 22.8 Å². The molecule has 0 amide bonds. The zero-order valence-corrected chi connectivity index (χ0v) is 22.7. The molecule has 4 nitrogen and oxygen atoms in total. The monoisotopic (exact) mass is 496 g/mol. The van der Waals surface area contributed by atoms with Crippen molar-refractivity contribution < 1.29 is 19.1 Å². The molecule has 6 unspecified atom stereocenters. The highest BCUT2D eigenvalue weighted by Gasteiger charge is 2.61. The van der Waals surface area contributed by atoms with E-state index in [2.05, 4.69) is 13.8 Å². The highest BCUT2D eigenvalue weighted by Crippen LogP contribution is 2.64. The van der Waals surface area contributed by atoms with Crippen LogP contribution in [0.1, 0.15) is 104 Å². The van der Waals surface area contributed by atoms with Gasteiger partial charge in [-0.3, -0.25) is 9.59 Å². The first kappa shape index (κ1) is 24.0. The Balaban J connectivity index is 0.879. The standard InChI is InChI=1S/C32H48O4/c1-19-27-9-23-7-24(10-27)14-31(19,13-23)29(33)35-17-21-3-5-22(6-4-21)18-36-30(34)32-15-25-8-26(16-32)12-28(11-25)20(32)2/h19-28H,3-18H2,1-2H3. The third-order valence-electron chi connectivity index (χ3n) is 13.3. The van der Waals surface area contributed by atoms with Crippen LogP contribution in [0.15, 0.2) is 0 Å². The molecule has 200 valence electrons. The summed E-state index contributed by atoms with van der Waals surface area (Å²) in [7, 11) is 0. The molecule has 0 aromatic carbocycles. The second-order valence-electron chi connectivity index (χ2n) is 15.2. The maximum atomic E-state index is 13.4. The van der Waals surface area contributed by atoms with E-state index >= 15 is 0 Å². The predicted molar refractivity (Wildman–Crippen MR) is 138 cm³/mol. The molecule has 0 heterocycles. The fraction of sp³-hybridized carbons (Fsp3) is 0.938. The Morgan fingerprint density at radius 2 is 0.917 bits per heavy atom. The van der Waals surface area contributed by atoms with Gasteiger partial charge in [-0.2, -0.15) is 0 Å². The second-order valence-corrected chi connectivity index (χ2v) is 15.2. The van der Waals surface area contributed by atoms with E-state index in [1.54, 1.807) is 0 Å². The summed E-state index contributed by atoms with van der Waals surface area (Å²) < 4.78 is 12.2. The molecule has 0 aliphatic heterocycles. The minimum Gasteiger partial charge on any atom is -0.465 e. The Kier molecular flexibility index (Phi) is 5.82. The Hall–Kier alpha value is -1.06. The van der Waals surface area contributed by atoms with E-state index in [4.69, 9.17) is 9.47 Å². The Labute approximate surface area is 218 Å². The Morgan fingerprint density at radius 3 is 1.25 bits per heavy atom. The Bertz CT molecular complexity index is 787. The number of esters is 2. The van der Waals surface area contributed by atoms with E-state index in [1.165, 1.54) is 38.5 Å². The van der Waals surface area contributed by atoms with E-state index < -0.39 is 0 Å². The molecule has 6 atom stereocenters. The second kappa shape index (κ2) is 8.73. The van der Waals surface area contributed by atoms with Crippen LogP contribution in [0, 0.1) is 70.0 Å². The summed E-state index contributed by atoms with van der Waals surface area (Å²) >= 11 is 0. The molecule has 9 aliphatic carbocycles. The van der Waals surface area contributed by atoms with Gasteiger partial charge >= 0.3 is 11.9 Å². The van der Waals surface area contributed by atoms with Crippen molar-refractivity contribution in [3.8, 4) is 0 Å². The summed E-state index contributed by atoms with van der Waals surface area (Å²) in [4.78, 5) is 26.8. The van der Waals surface area contributed by atoms with Gasteiger partial charge < -0.3 is 9.47 Å². The fourth-order valence-corrected chi connectivity index (χ4v) is 11.5. The van der Waals surface area contributed by atoms with E-state index in [9.17, 15) is 9.59 Å². The van der Waals surface area contributed by atoms with Gasteiger partial charge in [0.15, 0.2) is 0 Å². The average Bonchev–Trinajstić information content (AvgIpc) is 2.87. The third-order valence-corrected chi connectivity index (χ3v) is 13.3. The molecule has 8 bridgehead atoms. The number of carbonyl (C=O) groups excluding carboxylic acids is 2. The molecular formula is C32H48O4. The van der Waals surface area contributed by atoms with Crippen molar-refractivity contribution in [1.29, 1.82) is 0 Å². The maximum absolute atomic E-state index is 13.4. The first-order chi connectivity index (χ1) is 17.3.